The first-order valence-corrected chi connectivity index (χ1v) is 9.16. The minimum atomic E-state index is -0.171. The van der Waals surface area contributed by atoms with Crippen LogP contribution in [0.2, 0.25) is 0 Å². The molecule has 0 saturated heterocycles. The van der Waals surface area contributed by atoms with Crippen molar-refractivity contribution in [1.82, 2.24) is 14.9 Å². The molecule has 3 heterocycles. The molecule has 0 unspecified atom stereocenters. The summed E-state index contributed by atoms with van der Waals surface area (Å²) in [6.07, 6.45) is 2.31. The minimum Gasteiger partial charge on any atom is -0.352 e. The largest absolute Gasteiger partial charge is 0.352 e. The molecule has 5 nitrogen and oxygen atoms in total. The number of fused-ring (bicyclic) bond motifs is 1. The highest BCUT2D eigenvalue weighted by molar-refractivity contribution is 7.18. The molecule has 0 aliphatic carbocycles. The Kier molecular flexibility index (Phi) is 4.58. The first-order valence-electron chi connectivity index (χ1n) is 7.40. The SMILES string of the molecule is CC[C@@H](C)NC(=O)Cn1cnc2scc(-c3cccs3)c2c1=O. The van der Waals surface area contributed by atoms with E-state index in [9.17, 15) is 9.59 Å². The summed E-state index contributed by atoms with van der Waals surface area (Å²) in [4.78, 5) is 30.9. The van der Waals surface area contributed by atoms with E-state index in [4.69, 9.17) is 0 Å². The molecule has 0 fully saturated rings. The number of carbonyl (C=O) groups excluding carboxylic acids is 1. The maximum absolute atomic E-state index is 12.8. The van der Waals surface area contributed by atoms with E-state index >= 15 is 0 Å². The third-order valence-electron chi connectivity index (χ3n) is 3.68. The summed E-state index contributed by atoms with van der Waals surface area (Å²) < 4.78 is 1.38. The van der Waals surface area contributed by atoms with Crippen LogP contribution in [0, 0.1) is 0 Å². The monoisotopic (exact) mass is 347 g/mol. The predicted molar refractivity (Wildman–Crippen MR) is 95.1 cm³/mol. The van der Waals surface area contributed by atoms with Gasteiger partial charge < -0.3 is 5.32 Å². The van der Waals surface area contributed by atoms with Gasteiger partial charge in [0.1, 0.15) is 11.4 Å². The number of aromatic nitrogens is 2. The van der Waals surface area contributed by atoms with Gasteiger partial charge in [0.15, 0.2) is 0 Å². The van der Waals surface area contributed by atoms with Crippen LogP contribution < -0.4 is 10.9 Å². The van der Waals surface area contributed by atoms with Crippen molar-refractivity contribution in [3.63, 3.8) is 0 Å². The second kappa shape index (κ2) is 6.64. The molecular formula is C16H17N3O2S2. The molecule has 0 aromatic carbocycles. The molecule has 0 bridgehead atoms. The van der Waals surface area contributed by atoms with Crippen molar-refractivity contribution in [3.05, 3.63) is 39.6 Å². The Morgan fingerprint density at radius 1 is 1.43 bits per heavy atom. The molecule has 0 aliphatic heterocycles. The molecule has 1 atom stereocenters. The maximum Gasteiger partial charge on any atom is 0.263 e. The van der Waals surface area contributed by atoms with Crippen molar-refractivity contribution in [1.29, 1.82) is 0 Å². The number of hydrogen-bond acceptors (Lipinski definition) is 5. The zero-order valence-corrected chi connectivity index (χ0v) is 14.5. The summed E-state index contributed by atoms with van der Waals surface area (Å²) >= 11 is 3.04. The average Bonchev–Trinajstić information content (AvgIpc) is 3.18. The Hall–Kier alpha value is -1.99. The van der Waals surface area contributed by atoms with Crippen LogP contribution in [0.25, 0.3) is 20.7 Å². The highest BCUT2D eigenvalue weighted by Crippen LogP contribution is 2.33. The summed E-state index contributed by atoms with van der Waals surface area (Å²) in [5, 5.41) is 7.39. The lowest BCUT2D eigenvalue weighted by atomic mass is 10.2. The Morgan fingerprint density at radius 3 is 2.96 bits per heavy atom. The van der Waals surface area contributed by atoms with E-state index in [1.54, 1.807) is 11.3 Å². The number of thiophene rings is 2. The lowest BCUT2D eigenvalue weighted by Gasteiger charge is -2.12. The van der Waals surface area contributed by atoms with Crippen molar-refractivity contribution >= 4 is 38.8 Å². The topological polar surface area (TPSA) is 64.0 Å². The zero-order valence-electron chi connectivity index (χ0n) is 12.9. The van der Waals surface area contributed by atoms with Gasteiger partial charge >= 0.3 is 0 Å². The van der Waals surface area contributed by atoms with E-state index in [1.165, 1.54) is 22.2 Å². The van der Waals surface area contributed by atoms with Gasteiger partial charge in [0.05, 0.1) is 11.7 Å². The van der Waals surface area contributed by atoms with Crippen LogP contribution >= 0.6 is 22.7 Å². The number of nitrogens with zero attached hydrogens (tertiary/aromatic N) is 2. The lowest BCUT2D eigenvalue weighted by Crippen LogP contribution is -2.37. The van der Waals surface area contributed by atoms with Crippen LogP contribution in [0.4, 0.5) is 0 Å². The van der Waals surface area contributed by atoms with Crippen LogP contribution in [0.5, 0.6) is 0 Å². The van der Waals surface area contributed by atoms with Gasteiger partial charge in [0.2, 0.25) is 5.91 Å². The number of nitrogens with one attached hydrogen (secondary N) is 1. The minimum absolute atomic E-state index is 0.00809. The molecule has 7 heteroatoms. The van der Waals surface area contributed by atoms with E-state index in [-0.39, 0.29) is 24.1 Å². The normalized spacial score (nSPS) is 12.4. The molecule has 3 aromatic heterocycles. The van der Waals surface area contributed by atoms with Gasteiger partial charge in [-0.05, 0) is 24.8 Å². The Balaban J connectivity index is 1.97. The number of amides is 1. The highest BCUT2D eigenvalue weighted by atomic mass is 32.1. The van der Waals surface area contributed by atoms with Crippen molar-refractivity contribution in [2.75, 3.05) is 0 Å². The van der Waals surface area contributed by atoms with Crippen molar-refractivity contribution in [2.45, 2.75) is 32.9 Å². The molecule has 0 spiro atoms. The number of rotatable bonds is 5. The molecule has 3 aromatic rings. The summed E-state index contributed by atoms with van der Waals surface area (Å²) in [5.74, 6) is -0.171. The standard InChI is InChI=1S/C16H17N3O2S2/c1-3-10(2)18-13(20)7-19-9-17-15-14(16(19)21)11(8-23-15)12-5-4-6-22-12/h4-6,8-10H,3,7H2,1-2H3,(H,18,20)/t10-/m1/s1. The van der Waals surface area contributed by atoms with Crippen LogP contribution in [0.3, 0.4) is 0 Å². The van der Waals surface area contributed by atoms with Crippen LogP contribution in [-0.4, -0.2) is 21.5 Å². The van der Waals surface area contributed by atoms with Gasteiger partial charge in [-0.2, -0.15) is 0 Å². The maximum atomic E-state index is 12.8. The molecule has 120 valence electrons. The van der Waals surface area contributed by atoms with Gasteiger partial charge in [-0.15, -0.1) is 22.7 Å². The average molecular weight is 347 g/mol. The molecule has 0 aliphatic rings. The first-order chi connectivity index (χ1) is 11.1. The van der Waals surface area contributed by atoms with E-state index in [0.717, 1.165) is 16.9 Å². The number of carbonyl (C=O) groups is 1. The van der Waals surface area contributed by atoms with Gasteiger partial charge in [0.25, 0.3) is 5.56 Å². The first kappa shape index (κ1) is 15.9. The molecule has 0 saturated carbocycles. The molecule has 3 rings (SSSR count). The van der Waals surface area contributed by atoms with Crippen molar-refractivity contribution in [3.8, 4) is 10.4 Å². The third-order valence-corrected chi connectivity index (χ3v) is 5.47. The summed E-state index contributed by atoms with van der Waals surface area (Å²) in [6, 6.07) is 4.04. The summed E-state index contributed by atoms with van der Waals surface area (Å²) in [6.45, 7) is 3.94. The quantitative estimate of drug-likeness (QED) is 0.771. The zero-order chi connectivity index (χ0) is 16.4. The van der Waals surface area contributed by atoms with E-state index in [1.807, 2.05) is 36.7 Å². The van der Waals surface area contributed by atoms with Crippen LogP contribution in [0.15, 0.2) is 34.0 Å². The number of hydrogen-bond donors (Lipinski definition) is 1. The predicted octanol–water partition coefficient (Wildman–Crippen LogP) is 3.10. The molecule has 0 radical (unpaired) electrons. The molecular weight excluding hydrogens is 330 g/mol. The third kappa shape index (κ3) is 3.20. The second-order valence-corrected chi connectivity index (χ2v) is 7.17. The van der Waals surface area contributed by atoms with Crippen LogP contribution in [-0.2, 0) is 11.3 Å². The second-order valence-electron chi connectivity index (χ2n) is 5.36. The Labute approximate surface area is 141 Å². The lowest BCUT2D eigenvalue weighted by molar-refractivity contribution is -0.122. The highest BCUT2D eigenvalue weighted by Gasteiger charge is 2.15. The Bertz CT molecular complexity index is 881. The van der Waals surface area contributed by atoms with Crippen molar-refractivity contribution < 1.29 is 4.79 Å². The fourth-order valence-corrected chi connectivity index (χ4v) is 3.99. The van der Waals surface area contributed by atoms with Gasteiger partial charge in [0, 0.05) is 21.9 Å². The van der Waals surface area contributed by atoms with Gasteiger partial charge in [-0.1, -0.05) is 13.0 Å². The fraction of sp³-hybridized carbons (Fsp3) is 0.312. The fourth-order valence-electron chi connectivity index (χ4n) is 2.27. The van der Waals surface area contributed by atoms with Crippen molar-refractivity contribution in [2.24, 2.45) is 0 Å². The smallest absolute Gasteiger partial charge is 0.263 e. The van der Waals surface area contributed by atoms with Gasteiger partial charge in [-0.25, -0.2) is 4.98 Å². The molecule has 1 amide bonds. The Morgan fingerprint density at radius 2 is 2.26 bits per heavy atom. The van der Waals surface area contributed by atoms with Gasteiger partial charge in [-0.3, -0.25) is 14.2 Å². The van der Waals surface area contributed by atoms with E-state index in [0.29, 0.717) is 10.2 Å². The molecule has 1 N–H and O–H groups in total. The van der Waals surface area contributed by atoms with E-state index in [2.05, 4.69) is 10.3 Å². The van der Waals surface area contributed by atoms with Crippen LogP contribution in [0.1, 0.15) is 20.3 Å². The summed E-state index contributed by atoms with van der Waals surface area (Å²) in [7, 11) is 0. The summed E-state index contributed by atoms with van der Waals surface area (Å²) in [5.41, 5.74) is 0.730. The molecule has 23 heavy (non-hydrogen) atoms. The van der Waals surface area contributed by atoms with E-state index < -0.39 is 0 Å².